The van der Waals surface area contributed by atoms with Crippen LogP contribution in [0, 0.1) is 0 Å². The van der Waals surface area contributed by atoms with Crippen molar-refractivity contribution >= 4 is 45.0 Å². The van der Waals surface area contributed by atoms with Gasteiger partial charge in [-0.1, -0.05) is 63.6 Å². The van der Waals surface area contributed by atoms with E-state index in [1.165, 1.54) is 0 Å². The van der Waals surface area contributed by atoms with Gasteiger partial charge in [-0.2, -0.15) is 9.78 Å². The Morgan fingerprint density at radius 1 is 1.09 bits per heavy atom. The molecule has 1 aromatic heterocycles. The smallest absolute Gasteiger partial charge is 0.186 e. The topological polar surface area (TPSA) is 43.1 Å². The Hall–Kier alpha value is -1.63. The fourth-order valence-electron chi connectivity index (χ4n) is 2.35. The summed E-state index contributed by atoms with van der Waals surface area (Å²) >= 11 is 11.4. The van der Waals surface area contributed by atoms with Gasteiger partial charge in [-0.15, -0.1) is 10.2 Å². The molecule has 0 saturated heterocycles. The summed E-state index contributed by atoms with van der Waals surface area (Å²) in [5.74, 6) is 1.42. The van der Waals surface area contributed by atoms with E-state index in [9.17, 15) is 0 Å². The highest BCUT2D eigenvalue weighted by molar-refractivity contribution is 9.10. The highest BCUT2D eigenvalue weighted by atomic mass is 79.9. The summed E-state index contributed by atoms with van der Waals surface area (Å²) in [5.41, 5.74) is 2.89. The molecule has 2 aromatic carbocycles. The molecule has 3 aromatic rings. The molecule has 0 bridgehead atoms. The van der Waals surface area contributed by atoms with Crippen molar-refractivity contribution in [3.63, 3.8) is 0 Å². The third-order valence-corrected chi connectivity index (χ3v) is 5.20. The Balaban J connectivity index is 1.83. The largest absolute Gasteiger partial charge is 0.212 e. The van der Waals surface area contributed by atoms with Crippen molar-refractivity contribution in [3.8, 4) is 11.4 Å². The van der Waals surface area contributed by atoms with E-state index in [4.69, 9.17) is 16.7 Å². The maximum atomic E-state index is 6.29. The predicted octanol–water partition coefficient (Wildman–Crippen LogP) is 4.72. The van der Waals surface area contributed by atoms with Gasteiger partial charge in [0.1, 0.15) is 0 Å². The van der Waals surface area contributed by atoms with Gasteiger partial charge in [0.15, 0.2) is 5.82 Å². The van der Waals surface area contributed by atoms with Crippen LogP contribution in [-0.4, -0.2) is 26.3 Å². The van der Waals surface area contributed by atoms with Crippen LogP contribution in [0.1, 0.15) is 5.56 Å². The van der Waals surface area contributed by atoms with Crippen molar-refractivity contribution in [2.24, 2.45) is 5.10 Å². The average Bonchev–Trinajstić information content (AvgIpc) is 2.98. The summed E-state index contributed by atoms with van der Waals surface area (Å²) in [7, 11) is 0. The number of fused-ring (bicyclic) bond motifs is 1. The summed E-state index contributed by atoms with van der Waals surface area (Å²) in [5, 5.41) is 14.6. The number of aromatic nitrogens is 3. The molecular weight excluding hydrogens is 396 g/mol. The van der Waals surface area contributed by atoms with Gasteiger partial charge in [0.2, 0.25) is 5.16 Å². The molecule has 0 atom stereocenters. The molecule has 0 radical (unpaired) electrons. The van der Waals surface area contributed by atoms with Crippen molar-refractivity contribution in [2.45, 2.75) is 5.16 Å². The van der Waals surface area contributed by atoms with Crippen LogP contribution in [0.25, 0.3) is 11.4 Å². The molecule has 1 aliphatic heterocycles. The summed E-state index contributed by atoms with van der Waals surface area (Å²) in [6.07, 6.45) is 0. The average molecular weight is 406 g/mol. The Kier molecular flexibility index (Phi) is 3.97. The zero-order chi connectivity index (χ0) is 15.8. The van der Waals surface area contributed by atoms with Crippen LogP contribution in [0.3, 0.4) is 0 Å². The van der Waals surface area contributed by atoms with E-state index in [2.05, 4.69) is 38.3 Å². The van der Waals surface area contributed by atoms with Gasteiger partial charge in [-0.3, -0.25) is 0 Å². The molecule has 0 amide bonds. The summed E-state index contributed by atoms with van der Waals surface area (Å²) in [6, 6.07) is 15.7. The molecule has 0 saturated carbocycles. The third-order valence-electron chi connectivity index (χ3n) is 3.44. The zero-order valence-electron chi connectivity index (χ0n) is 11.8. The second kappa shape index (κ2) is 6.11. The third kappa shape index (κ3) is 2.82. The van der Waals surface area contributed by atoms with E-state index in [1.54, 1.807) is 16.4 Å². The molecule has 4 rings (SSSR count). The van der Waals surface area contributed by atoms with E-state index < -0.39 is 0 Å². The predicted molar refractivity (Wildman–Crippen MR) is 97.3 cm³/mol. The molecule has 23 heavy (non-hydrogen) atoms. The molecule has 0 fully saturated rings. The van der Waals surface area contributed by atoms with E-state index in [0.717, 1.165) is 32.2 Å². The van der Waals surface area contributed by atoms with Crippen molar-refractivity contribution in [1.82, 2.24) is 14.9 Å². The van der Waals surface area contributed by atoms with Gasteiger partial charge >= 0.3 is 0 Å². The minimum atomic E-state index is 0.637. The lowest BCUT2D eigenvalue weighted by molar-refractivity contribution is 0.762. The number of thioether (sulfide) groups is 1. The Bertz CT molecular complexity index is 922. The first-order valence-electron chi connectivity index (χ1n) is 6.89. The number of nitrogens with zero attached hydrogens (tertiary/aromatic N) is 4. The Labute approximate surface area is 150 Å². The number of hydrogen-bond donors (Lipinski definition) is 0. The second-order valence-corrected chi connectivity index (χ2v) is 7.21. The molecule has 0 aliphatic carbocycles. The molecule has 0 N–H and O–H groups in total. The van der Waals surface area contributed by atoms with Gasteiger partial charge in [0.05, 0.1) is 10.7 Å². The normalized spacial score (nSPS) is 13.6. The lowest BCUT2D eigenvalue weighted by Gasteiger charge is -2.14. The SMILES string of the molecule is Clc1ccccc1-c1nnc2n1N=C(c1cccc(Br)c1)CS2. The Morgan fingerprint density at radius 3 is 2.78 bits per heavy atom. The van der Waals surface area contributed by atoms with E-state index in [0.29, 0.717) is 10.8 Å². The summed E-state index contributed by atoms with van der Waals surface area (Å²) in [4.78, 5) is 0. The summed E-state index contributed by atoms with van der Waals surface area (Å²) < 4.78 is 2.80. The van der Waals surface area contributed by atoms with Crippen LogP contribution in [0.5, 0.6) is 0 Å². The van der Waals surface area contributed by atoms with Crippen LogP contribution in [-0.2, 0) is 0 Å². The van der Waals surface area contributed by atoms with Crippen LogP contribution in [0.4, 0.5) is 0 Å². The first-order valence-corrected chi connectivity index (χ1v) is 9.05. The standard InChI is InChI=1S/C16H10BrClN4S/c17-11-5-3-4-10(8-11)14-9-23-16-20-19-15(22(16)21-14)12-6-1-2-7-13(12)18/h1-8H,9H2. The van der Waals surface area contributed by atoms with Crippen molar-refractivity contribution in [3.05, 3.63) is 63.6 Å². The number of rotatable bonds is 2. The van der Waals surface area contributed by atoms with Gasteiger partial charge < -0.3 is 0 Å². The first-order chi connectivity index (χ1) is 11.2. The molecule has 114 valence electrons. The van der Waals surface area contributed by atoms with Crippen molar-refractivity contribution in [2.75, 3.05) is 5.75 Å². The van der Waals surface area contributed by atoms with Gasteiger partial charge in [-0.25, -0.2) is 0 Å². The van der Waals surface area contributed by atoms with E-state index >= 15 is 0 Å². The second-order valence-electron chi connectivity index (χ2n) is 4.94. The van der Waals surface area contributed by atoms with Crippen LogP contribution >= 0.6 is 39.3 Å². The van der Waals surface area contributed by atoms with Crippen LogP contribution < -0.4 is 0 Å². The van der Waals surface area contributed by atoms with Gasteiger partial charge in [0, 0.05) is 15.8 Å². The zero-order valence-corrected chi connectivity index (χ0v) is 14.9. The van der Waals surface area contributed by atoms with Gasteiger partial charge in [-0.05, 0) is 29.8 Å². The molecule has 7 heteroatoms. The quantitative estimate of drug-likeness (QED) is 0.619. The molecule has 1 aliphatic rings. The fourth-order valence-corrected chi connectivity index (χ4v) is 3.81. The maximum absolute atomic E-state index is 6.29. The lowest BCUT2D eigenvalue weighted by Crippen LogP contribution is -2.13. The molecular formula is C16H10BrClN4S. The monoisotopic (exact) mass is 404 g/mol. The number of hydrogen-bond acceptors (Lipinski definition) is 4. The van der Waals surface area contributed by atoms with Crippen LogP contribution in [0.15, 0.2) is 63.3 Å². The first kappa shape index (κ1) is 14.9. The van der Waals surface area contributed by atoms with E-state index in [1.807, 2.05) is 36.4 Å². The van der Waals surface area contributed by atoms with Crippen molar-refractivity contribution < 1.29 is 0 Å². The number of halogens is 2. The lowest BCUT2D eigenvalue weighted by atomic mass is 10.1. The molecule has 0 spiro atoms. The molecule has 0 unspecified atom stereocenters. The maximum Gasteiger partial charge on any atom is 0.212 e. The van der Waals surface area contributed by atoms with Gasteiger partial charge in [0.25, 0.3) is 0 Å². The van der Waals surface area contributed by atoms with E-state index in [-0.39, 0.29) is 0 Å². The number of benzene rings is 2. The minimum Gasteiger partial charge on any atom is -0.186 e. The molecule has 4 nitrogen and oxygen atoms in total. The highest BCUT2D eigenvalue weighted by Gasteiger charge is 2.21. The fraction of sp³-hybridized carbons (Fsp3) is 0.0625. The Morgan fingerprint density at radius 2 is 1.96 bits per heavy atom. The minimum absolute atomic E-state index is 0.637. The van der Waals surface area contributed by atoms with Crippen molar-refractivity contribution in [1.29, 1.82) is 0 Å². The van der Waals surface area contributed by atoms with Crippen LogP contribution in [0.2, 0.25) is 5.02 Å². The highest BCUT2D eigenvalue weighted by Crippen LogP contribution is 2.31. The molecule has 2 heterocycles. The summed E-state index contributed by atoms with van der Waals surface area (Å²) in [6.45, 7) is 0.